The van der Waals surface area contributed by atoms with Crippen LogP contribution in [-0.2, 0) is 13.1 Å². The minimum atomic E-state index is -0.500. The van der Waals surface area contributed by atoms with Crippen molar-refractivity contribution in [2.75, 3.05) is 40.4 Å². The number of aryl methyl sites for hydroxylation is 1. The third-order valence-electron chi connectivity index (χ3n) is 4.89. The summed E-state index contributed by atoms with van der Waals surface area (Å²) in [5.41, 5.74) is 2.03. The number of benzene rings is 1. The van der Waals surface area contributed by atoms with Gasteiger partial charge in [0.25, 0.3) is 0 Å². The van der Waals surface area contributed by atoms with Gasteiger partial charge in [0.1, 0.15) is 18.5 Å². The van der Waals surface area contributed by atoms with Gasteiger partial charge in [-0.1, -0.05) is 11.2 Å². The van der Waals surface area contributed by atoms with Crippen LogP contribution < -0.4 is 9.47 Å². The summed E-state index contributed by atoms with van der Waals surface area (Å²) in [7, 11) is 3.67. The van der Waals surface area contributed by atoms with Gasteiger partial charge >= 0.3 is 0 Å². The second kappa shape index (κ2) is 9.91. The van der Waals surface area contributed by atoms with E-state index >= 15 is 0 Å². The van der Waals surface area contributed by atoms with Crippen LogP contribution in [0.3, 0.4) is 0 Å². The van der Waals surface area contributed by atoms with Gasteiger partial charge in [-0.3, -0.25) is 4.90 Å². The molecule has 0 saturated carbocycles. The fourth-order valence-corrected chi connectivity index (χ4v) is 3.57. The molecule has 0 aliphatic carbocycles. The van der Waals surface area contributed by atoms with Crippen molar-refractivity contribution in [1.29, 1.82) is 0 Å². The molecular formula is C21H31N3O4. The maximum Gasteiger partial charge on any atom is 0.161 e. The van der Waals surface area contributed by atoms with Gasteiger partial charge in [-0.15, -0.1) is 0 Å². The zero-order chi connectivity index (χ0) is 19.9. The fraction of sp³-hybridized carbons (Fsp3) is 0.571. The third kappa shape index (κ3) is 5.95. The van der Waals surface area contributed by atoms with Crippen molar-refractivity contribution < 1.29 is 19.1 Å². The summed E-state index contributed by atoms with van der Waals surface area (Å²) < 4.78 is 16.4. The lowest BCUT2D eigenvalue weighted by Gasteiger charge is -2.20. The van der Waals surface area contributed by atoms with Crippen LogP contribution in [-0.4, -0.2) is 66.6 Å². The second-order valence-corrected chi connectivity index (χ2v) is 7.56. The van der Waals surface area contributed by atoms with Crippen LogP contribution in [0.4, 0.5) is 0 Å². The molecule has 1 unspecified atom stereocenters. The number of β-amino-alcohol motifs (C(OH)–C–C–N with tert-alkyl or cyclic N) is 1. The van der Waals surface area contributed by atoms with E-state index in [0.717, 1.165) is 36.7 Å². The van der Waals surface area contributed by atoms with Gasteiger partial charge in [-0.2, -0.15) is 0 Å². The van der Waals surface area contributed by atoms with Crippen molar-refractivity contribution in [1.82, 2.24) is 15.0 Å². The molecule has 154 valence electrons. The molecule has 1 atom stereocenters. The maximum atomic E-state index is 10.2. The van der Waals surface area contributed by atoms with Crippen molar-refractivity contribution >= 4 is 0 Å². The van der Waals surface area contributed by atoms with E-state index in [-0.39, 0.29) is 6.61 Å². The Morgan fingerprint density at radius 2 is 2.00 bits per heavy atom. The molecule has 0 amide bonds. The number of hydrogen-bond donors (Lipinski definition) is 1. The van der Waals surface area contributed by atoms with Gasteiger partial charge < -0.3 is 24.0 Å². The predicted octanol–water partition coefficient (Wildman–Crippen LogP) is 2.46. The number of ether oxygens (including phenoxy) is 2. The largest absolute Gasteiger partial charge is 0.493 e. The summed E-state index contributed by atoms with van der Waals surface area (Å²) in [4.78, 5) is 4.44. The highest BCUT2D eigenvalue weighted by molar-refractivity contribution is 5.43. The lowest BCUT2D eigenvalue weighted by atomic mass is 10.2. The summed E-state index contributed by atoms with van der Waals surface area (Å²) in [6.07, 6.45) is 1.93. The normalized spacial score (nSPS) is 15.9. The van der Waals surface area contributed by atoms with Crippen LogP contribution in [0.15, 0.2) is 28.8 Å². The summed E-state index contributed by atoms with van der Waals surface area (Å²) in [5.74, 6) is 2.15. The van der Waals surface area contributed by atoms with E-state index in [1.54, 1.807) is 7.11 Å². The first-order valence-electron chi connectivity index (χ1n) is 9.84. The first-order valence-corrected chi connectivity index (χ1v) is 9.84. The van der Waals surface area contributed by atoms with E-state index in [0.29, 0.717) is 24.6 Å². The summed E-state index contributed by atoms with van der Waals surface area (Å²) in [6, 6.07) is 7.86. The SMILES string of the molecule is COc1cc(CN(C)Cc2cc(C)on2)ccc1OCC(O)CN1CCCC1. The quantitative estimate of drug-likeness (QED) is 0.669. The van der Waals surface area contributed by atoms with E-state index in [9.17, 15) is 5.11 Å². The number of methoxy groups -OCH3 is 1. The van der Waals surface area contributed by atoms with E-state index in [4.69, 9.17) is 14.0 Å². The number of hydrogen-bond acceptors (Lipinski definition) is 7. The Hall–Kier alpha value is -2.09. The van der Waals surface area contributed by atoms with Gasteiger partial charge in [-0.25, -0.2) is 0 Å². The first kappa shape index (κ1) is 20.6. The molecule has 0 spiro atoms. The minimum absolute atomic E-state index is 0.262. The molecule has 1 N–H and O–H groups in total. The van der Waals surface area contributed by atoms with Gasteiger partial charge in [0, 0.05) is 25.7 Å². The molecule has 7 nitrogen and oxygen atoms in total. The molecule has 0 radical (unpaired) electrons. The Morgan fingerprint density at radius 3 is 2.68 bits per heavy atom. The third-order valence-corrected chi connectivity index (χ3v) is 4.89. The highest BCUT2D eigenvalue weighted by atomic mass is 16.5. The Morgan fingerprint density at radius 1 is 1.21 bits per heavy atom. The fourth-order valence-electron chi connectivity index (χ4n) is 3.57. The van der Waals surface area contributed by atoms with Crippen LogP contribution in [0.2, 0.25) is 0 Å². The molecule has 7 heteroatoms. The van der Waals surface area contributed by atoms with Crippen molar-refractivity contribution in [3.05, 3.63) is 41.3 Å². The Balaban J connectivity index is 1.52. The number of aromatic nitrogens is 1. The Bertz CT molecular complexity index is 743. The molecule has 1 aliphatic rings. The molecule has 1 aromatic carbocycles. The summed E-state index contributed by atoms with van der Waals surface area (Å²) in [6.45, 7) is 6.40. The summed E-state index contributed by atoms with van der Waals surface area (Å²) in [5, 5.41) is 14.3. The number of nitrogens with zero attached hydrogens (tertiary/aromatic N) is 3. The molecule has 0 bridgehead atoms. The molecule has 1 aromatic heterocycles. The highest BCUT2D eigenvalue weighted by Gasteiger charge is 2.17. The Labute approximate surface area is 166 Å². The van der Waals surface area contributed by atoms with Gasteiger partial charge in [0.15, 0.2) is 11.5 Å². The predicted molar refractivity (Wildman–Crippen MR) is 107 cm³/mol. The Kier molecular flexibility index (Phi) is 7.30. The molecule has 3 rings (SSSR count). The smallest absolute Gasteiger partial charge is 0.161 e. The van der Waals surface area contributed by atoms with E-state index < -0.39 is 6.10 Å². The van der Waals surface area contributed by atoms with Crippen LogP contribution in [0.1, 0.15) is 29.9 Å². The first-order chi connectivity index (χ1) is 13.5. The second-order valence-electron chi connectivity index (χ2n) is 7.56. The van der Waals surface area contributed by atoms with Crippen molar-refractivity contribution in [2.24, 2.45) is 0 Å². The van der Waals surface area contributed by atoms with E-state index in [1.165, 1.54) is 12.8 Å². The monoisotopic (exact) mass is 389 g/mol. The number of rotatable bonds is 10. The average molecular weight is 389 g/mol. The van der Waals surface area contributed by atoms with Crippen molar-refractivity contribution in [2.45, 2.75) is 39.0 Å². The maximum absolute atomic E-state index is 10.2. The topological polar surface area (TPSA) is 71.2 Å². The molecule has 2 aromatic rings. The number of likely N-dealkylation sites (tertiary alicyclic amines) is 1. The molecule has 1 aliphatic heterocycles. The summed E-state index contributed by atoms with van der Waals surface area (Å²) >= 11 is 0. The van der Waals surface area contributed by atoms with E-state index in [1.807, 2.05) is 38.2 Å². The molecule has 28 heavy (non-hydrogen) atoms. The standard InChI is InChI=1S/C21H31N3O4/c1-16-10-18(22-28-16)13-23(2)12-17-6-7-20(21(11-17)26-3)27-15-19(25)14-24-8-4-5-9-24/h6-7,10-11,19,25H,4-5,8-9,12-15H2,1-3H3. The molecular weight excluding hydrogens is 358 g/mol. The van der Waals surface area contributed by atoms with Crippen molar-refractivity contribution in [3.8, 4) is 11.5 Å². The van der Waals surface area contributed by atoms with Crippen LogP contribution in [0, 0.1) is 6.92 Å². The zero-order valence-corrected chi connectivity index (χ0v) is 17.1. The number of aliphatic hydroxyl groups is 1. The molecule has 1 fully saturated rings. The average Bonchev–Trinajstić information content (AvgIpc) is 3.32. The lowest BCUT2D eigenvalue weighted by Crippen LogP contribution is -2.33. The van der Waals surface area contributed by atoms with Gasteiger partial charge in [0.2, 0.25) is 0 Å². The molecule has 1 saturated heterocycles. The van der Waals surface area contributed by atoms with Crippen LogP contribution >= 0.6 is 0 Å². The van der Waals surface area contributed by atoms with Crippen molar-refractivity contribution in [3.63, 3.8) is 0 Å². The van der Waals surface area contributed by atoms with Gasteiger partial charge in [-0.05, 0) is 57.6 Å². The highest BCUT2D eigenvalue weighted by Crippen LogP contribution is 2.29. The van der Waals surface area contributed by atoms with Crippen LogP contribution in [0.25, 0.3) is 0 Å². The zero-order valence-electron chi connectivity index (χ0n) is 17.1. The van der Waals surface area contributed by atoms with Gasteiger partial charge in [0.05, 0.1) is 12.8 Å². The van der Waals surface area contributed by atoms with Crippen LogP contribution in [0.5, 0.6) is 11.5 Å². The molecule has 2 heterocycles. The minimum Gasteiger partial charge on any atom is -0.493 e. The number of aliphatic hydroxyl groups excluding tert-OH is 1. The lowest BCUT2D eigenvalue weighted by molar-refractivity contribution is 0.0747. The van der Waals surface area contributed by atoms with E-state index in [2.05, 4.69) is 15.0 Å².